The molecule has 4 bridgehead atoms. The van der Waals surface area contributed by atoms with Crippen LogP contribution in [0, 0.1) is 37.0 Å². The second-order valence-electron chi connectivity index (χ2n) is 10.1. The molecule has 0 saturated heterocycles. The lowest BCUT2D eigenvalue weighted by atomic mass is 9.49. The largest absolute Gasteiger partial charge is 0.456 e. The van der Waals surface area contributed by atoms with Crippen LogP contribution < -0.4 is 5.32 Å². The van der Waals surface area contributed by atoms with Gasteiger partial charge in [-0.2, -0.15) is 0 Å². The van der Waals surface area contributed by atoms with Gasteiger partial charge < -0.3 is 15.0 Å². The molecule has 0 radical (unpaired) electrons. The second-order valence-corrected chi connectivity index (χ2v) is 10.1. The van der Waals surface area contributed by atoms with Crippen molar-refractivity contribution in [3.05, 3.63) is 22.5 Å². The molecule has 0 unspecified atom stereocenters. The number of hydrogen-bond donors (Lipinski definition) is 2. The molecule has 7 nitrogen and oxygen atoms in total. The molecule has 5 rings (SSSR count). The van der Waals surface area contributed by atoms with E-state index in [1.807, 2.05) is 0 Å². The number of hydrogen-bond acceptors (Lipinski definition) is 5. The van der Waals surface area contributed by atoms with Crippen LogP contribution in [0.1, 0.15) is 84.0 Å². The molecule has 4 aliphatic rings. The normalized spacial score (nSPS) is 28.4. The van der Waals surface area contributed by atoms with Gasteiger partial charge >= 0.3 is 5.97 Å². The third-order valence-corrected chi connectivity index (χ3v) is 7.56. The van der Waals surface area contributed by atoms with Crippen LogP contribution >= 0.6 is 0 Å². The Morgan fingerprint density at radius 1 is 1.03 bits per heavy atom. The first kappa shape index (κ1) is 21.8. The number of ketones is 2. The fraction of sp³-hybridized carbons (Fsp3) is 0.667. The zero-order chi connectivity index (χ0) is 22.3. The molecule has 7 heteroatoms. The average molecular weight is 429 g/mol. The standard InChI is InChI=1S/C24H32N2O5/c1-13-22(15(3)27)14(2)26-23(13)19(28)12-31-21(30)11-25-20(29)10-24-7-16-4-17(8-24)6-18(5-16)9-24/h16-18,26H,4-12H2,1-3H3,(H,25,29). The molecule has 168 valence electrons. The van der Waals surface area contributed by atoms with E-state index in [0.717, 1.165) is 37.0 Å². The summed E-state index contributed by atoms with van der Waals surface area (Å²) in [6.45, 7) is 4.21. The summed E-state index contributed by atoms with van der Waals surface area (Å²) >= 11 is 0. The summed E-state index contributed by atoms with van der Waals surface area (Å²) in [5.74, 6) is 1.06. The molecule has 2 N–H and O–H groups in total. The summed E-state index contributed by atoms with van der Waals surface area (Å²) in [5.41, 5.74) is 2.08. The summed E-state index contributed by atoms with van der Waals surface area (Å²) in [6.07, 6.45) is 7.89. The van der Waals surface area contributed by atoms with Gasteiger partial charge in [-0.05, 0) is 88.0 Å². The van der Waals surface area contributed by atoms with E-state index in [0.29, 0.717) is 23.2 Å². The van der Waals surface area contributed by atoms with Crippen LogP contribution in [-0.2, 0) is 14.3 Å². The zero-order valence-electron chi connectivity index (χ0n) is 18.6. The Labute approximate surface area is 182 Å². The lowest BCUT2D eigenvalue weighted by Crippen LogP contribution is -2.48. The molecule has 0 aliphatic heterocycles. The van der Waals surface area contributed by atoms with Crippen molar-refractivity contribution < 1.29 is 23.9 Å². The van der Waals surface area contributed by atoms with Gasteiger partial charge in [0.25, 0.3) is 0 Å². The third kappa shape index (κ3) is 4.46. The Balaban J connectivity index is 1.24. The van der Waals surface area contributed by atoms with Crippen molar-refractivity contribution in [2.45, 2.75) is 65.7 Å². The van der Waals surface area contributed by atoms with E-state index in [1.54, 1.807) is 13.8 Å². The molecule has 0 atom stereocenters. The first-order valence-corrected chi connectivity index (χ1v) is 11.3. The van der Waals surface area contributed by atoms with Gasteiger partial charge in [0.1, 0.15) is 6.54 Å². The van der Waals surface area contributed by atoms with Crippen molar-refractivity contribution in [1.29, 1.82) is 0 Å². The van der Waals surface area contributed by atoms with Crippen molar-refractivity contribution >= 4 is 23.4 Å². The highest BCUT2D eigenvalue weighted by atomic mass is 16.5. The average Bonchev–Trinajstić information content (AvgIpc) is 2.97. The molecule has 31 heavy (non-hydrogen) atoms. The number of carbonyl (C=O) groups excluding carboxylic acids is 4. The number of rotatable bonds is 8. The van der Waals surface area contributed by atoms with Gasteiger partial charge in [-0.25, -0.2) is 0 Å². The van der Waals surface area contributed by atoms with Crippen molar-refractivity contribution in [2.24, 2.45) is 23.2 Å². The number of Topliss-reactive ketones (excluding diaryl/α,β-unsaturated/α-hetero) is 2. The van der Waals surface area contributed by atoms with Crippen LogP contribution in [0.4, 0.5) is 0 Å². The van der Waals surface area contributed by atoms with Crippen LogP contribution in [-0.4, -0.2) is 41.6 Å². The van der Waals surface area contributed by atoms with Crippen molar-refractivity contribution in [1.82, 2.24) is 10.3 Å². The highest BCUT2D eigenvalue weighted by Crippen LogP contribution is 2.61. The molecular weight excluding hydrogens is 396 g/mol. The molecule has 1 heterocycles. The van der Waals surface area contributed by atoms with Gasteiger partial charge in [-0.3, -0.25) is 19.2 Å². The highest BCUT2D eigenvalue weighted by Gasteiger charge is 2.51. The summed E-state index contributed by atoms with van der Waals surface area (Å²) in [5, 5.41) is 2.68. The molecule has 1 aromatic heterocycles. The molecule has 4 saturated carbocycles. The first-order chi connectivity index (χ1) is 14.7. The maximum absolute atomic E-state index is 12.5. The Hall–Kier alpha value is -2.44. The van der Waals surface area contributed by atoms with Crippen LogP contribution in [0.25, 0.3) is 0 Å². The Kier molecular flexibility index (Phi) is 5.79. The summed E-state index contributed by atoms with van der Waals surface area (Å²) < 4.78 is 5.06. The van der Waals surface area contributed by atoms with E-state index in [-0.39, 0.29) is 29.3 Å². The number of aryl methyl sites for hydroxylation is 1. The maximum atomic E-state index is 12.5. The Morgan fingerprint density at radius 2 is 1.61 bits per heavy atom. The van der Waals surface area contributed by atoms with Crippen LogP contribution in [0.15, 0.2) is 0 Å². The quantitative estimate of drug-likeness (QED) is 0.488. The minimum absolute atomic E-state index is 0.104. The molecule has 4 aliphatic carbocycles. The predicted molar refractivity (Wildman–Crippen MR) is 114 cm³/mol. The number of nitrogens with one attached hydrogen (secondary N) is 2. The molecule has 1 aromatic rings. The van der Waals surface area contributed by atoms with E-state index in [2.05, 4.69) is 10.3 Å². The van der Waals surface area contributed by atoms with Crippen molar-refractivity contribution in [3.8, 4) is 0 Å². The van der Waals surface area contributed by atoms with Crippen molar-refractivity contribution in [2.75, 3.05) is 13.2 Å². The number of amides is 1. The molecular formula is C24H32N2O5. The predicted octanol–water partition coefficient (Wildman–Crippen LogP) is 3.28. The third-order valence-electron chi connectivity index (χ3n) is 7.56. The topological polar surface area (TPSA) is 105 Å². The van der Waals surface area contributed by atoms with E-state index in [1.165, 1.54) is 26.2 Å². The van der Waals surface area contributed by atoms with Gasteiger partial charge in [0, 0.05) is 17.7 Å². The number of carbonyl (C=O) groups is 4. The number of aromatic amines is 1. The van der Waals surface area contributed by atoms with Crippen LogP contribution in [0.3, 0.4) is 0 Å². The fourth-order valence-corrected chi connectivity index (χ4v) is 6.91. The summed E-state index contributed by atoms with van der Waals surface area (Å²) in [7, 11) is 0. The van der Waals surface area contributed by atoms with Gasteiger partial charge in [-0.15, -0.1) is 0 Å². The Bertz CT molecular complexity index is 893. The van der Waals surface area contributed by atoms with E-state index < -0.39 is 18.4 Å². The lowest BCUT2D eigenvalue weighted by Gasteiger charge is -2.56. The van der Waals surface area contributed by atoms with Crippen LogP contribution in [0.2, 0.25) is 0 Å². The zero-order valence-corrected chi connectivity index (χ0v) is 18.6. The molecule has 4 fully saturated rings. The second kappa shape index (κ2) is 8.24. The smallest absolute Gasteiger partial charge is 0.325 e. The minimum Gasteiger partial charge on any atom is -0.456 e. The maximum Gasteiger partial charge on any atom is 0.325 e. The molecule has 1 amide bonds. The molecule has 0 aromatic carbocycles. The lowest BCUT2D eigenvalue weighted by molar-refractivity contribution is -0.143. The van der Waals surface area contributed by atoms with Crippen LogP contribution in [0.5, 0.6) is 0 Å². The number of esters is 1. The summed E-state index contributed by atoms with van der Waals surface area (Å²) in [4.78, 5) is 51.6. The number of ether oxygens (including phenoxy) is 1. The minimum atomic E-state index is -0.639. The summed E-state index contributed by atoms with van der Waals surface area (Å²) in [6, 6.07) is 0. The van der Waals surface area contributed by atoms with Crippen molar-refractivity contribution in [3.63, 3.8) is 0 Å². The molecule has 0 spiro atoms. The number of H-pyrrole nitrogens is 1. The highest BCUT2D eigenvalue weighted by molar-refractivity contribution is 6.04. The van der Waals surface area contributed by atoms with Gasteiger partial charge in [0.15, 0.2) is 12.4 Å². The fourth-order valence-electron chi connectivity index (χ4n) is 6.91. The van der Waals surface area contributed by atoms with Gasteiger partial charge in [0.05, 0.1) is 5.69 Å². The number of aromatic nitrogens is 1. The Morgan fingerprint density at radius 3 is 2.13 bits per heavy atom. The van der Waals surface area contributed by atoms with E-state index in [4.69, 9.17) is 4.74 Å². The monoisotopic (exact) mass is 428 g/mol. The van der Waals surface area contributed by atoms with Gasteiger partial charge in [0.2, 0.25) is 11.7 Å². The van der Waals surface area contributed by atoms with E-state index in [9.17, 15) is 19.2 Å². The van der Waals surface area contributed by atoms with Gasteiger partial charge in [-0.1, -0.05) is 0 Å². The van der Waals surface area contributed by atoms with E-state index >= 15 is 0 Å². The first-order valence-electron chi connectivity index (χ1n) is 11.3. The SMILES string of the molecule is CC(=O)c1c(C)[nH]c(C(=O)COC(=O)CNC(=O)CC23CC4CC(CC(C4)C2)C3)c1C.